The Morgan fingerprint density at radius 1 is 0.267 bits per heavy atom. The van der Waals surface area contributed by atoms with Crippen LogP contribution in [-0.2, 0) is 5.41 Å². The molecular formula is C70H47N5. The third-order valence-electron chi connectivity index (χ3n) is 14.9. The molecule has 0 saturated carbocycles. The zero-order valence-corrected chi connectivity index (χ0v) is 40.9. The predicted octanol–water partition coefficient (Wildman–Crippen LogP) is 17.8. The Morgan fingerprint density at radius 2 is 0.653 bits per heavy atom. The highest BCUT2D eigenvalue weighted by atomic mass is 15.2. The second-order valence-electron chi connectivity index (χ2n) is 19.2. The van der Waals surface area contributed by atoms with Crippen LogP contribution in [0.25, 0.3) is 67.5 Å². The van der Waals surface area contributed by atoms with E-state index in [1.807, 2.05) is 36.4 Å². The van der Waals surface area contributed by atoms with Gasteiger partial charge in [-0.1, -0.05) is 212 Å². The molecule has 0 bridgehead atoms. The van der Waals surface area contributed by atoms with Crippen molar-refractivity contribution in [2.45, 2.75) is 5.41 Å². The molecule has 0 amide bonds. The zero-order valence-electron chi connectivity index (χ0n) is 40.9. The molecule has 0 N–H and O–H groups in total. The Kier molecular flexibility index (Phi) is 10.7. The summed E-state index contributed by atoms with van der Waals surface area (Å²) in [5, 5.41) is 0. The summed E-state index contributed by atoms with van der Waals surface area (Å²) < 4.78 is 0. The Bertz CT molecular complexity index is 3880. The first-order chi connectivity index (χ1) is 37.2. The predicted molar refractivity (Wildman–Crippen MR) is 307 cm³/mol. The van der Waals surface area contributed by atoms with Crippen LogP contribution in [0.4, 0.5) is 34.1 Å². The third-order valence-corrected chi connectivity index (χ3v) is 14.9. The lowest BCUT2D eigenvalue weighted by atomic mass is 9.64. The van der Waals surface area contributed by atoms with Crippen LogP contribution in [0.15, 0.2) is 285 Å². The molecule has 14 rings (SSSR count). The summed E-state index contributed by atoms with van der Waals surface area (Å²) in [5.74, 6) is 1.85. The van der Waals surface area contributed by atoms with E-state index in [0.29, 0.717) is 17.5 Å². The van der Waals surface area contributed by atoms with Crippen molar-refractivity contribution in [2.24, 2.45) is 0 Å². The number of benzene rings is 11. The average Bonchev–Trinajstić information content (AvgIpc) is 3.80. The molecule has 1 aliphatic carbocycles. The van der Waals surface area contributed by atoms with E-state index < -0.39 is 5.41 Å². The quantitative estimate of drug-likeness (QED) is 0.144. The molecule has 11 aromatic carbocycles. The van der Waals surface area contributed by atoms with Gasteiger partial charge < -0.3 is 9.80 Å². The lowest BCUT2D eigenvalue weighted by Gasteiger charge is -2.45. The number of hydrogen-bond donors (Lipinski definition) is 0. The molecule has 1 spiro atoms. The van der Waals surface area contributed by atoms with Gasteiger partial charge in [0.05, 0.1) is 16.8 Å². The molecule has 12 aromatic rings. The fraction of sp³-hybridized carbons (Fsp3) is 0.0143. The zero-order chi connectivity index (χ0) is 49.7. The summed E-state index contributed by atoms with van der Waals surface area (Å²) in [6, 6.07) is 102. The van der Waals surface area contributed by atoms with Gasteiger partial charge >= 0.3 is 0 Å². The lowest BCUT2D eigenvalue weighted by molar-refractivity contribution is 0.752. The van der Waals surface area contributed by atoms with Crippen LogP contribution in [0.3, 0.4) is 0 Å². The van der Waals surface area contributed by atoms with Gasteiger partial charge in [0.1, 0.15) is 0 Å². The van der Waals surface area contributed by atoms with Crippen molar-refractivity contribution in [3.63, 3.8) is 0 Å². The molecule has 0 atom stereocenters. The second kappa shape index (κ2) is 18.3. The third kappa shape index (κ3) is 7.44. The molecule has 1 aromatic heterocycles. The molecule has 1 aliphatic heterocycles. The Hall–Kier alpha value is -9.97. The first-order valence-corrected chi connectivity index (χ1v) is 25.5. The minimum absolute atomic E-state index is 0.605. The second-order valence-corrected chi connectivity index (χ2v) is 19.2. The summed E-state index contributed by atoms with van der Waals surface area (Å²) >= 11 is 0. The van der Waals surface area contributed by atoms with Crippen LogP contribution in [0.1, 0.15) is 22.3 Å². The Labute approximate surface area is 437 Å². The topological polar surface area (TPSA) is 45.2 Å². The van der Waals surface area contributed by atoms with Crippen molar-refractivity contribution in [1.29, 1.82) is 0 Å². The lowest BCUT2D eigenvalue weighted by Crippen LogP contribution is -2.36. The van der Waals surface area contributed by atoms with Crippen molar-refractivity contribution in [2.75, 3.05) is 9.80 Å². The minimum atomic E-state index is -0.782. The van der Waals surface area contributed by atoms with Gasteiger partial charge in [-0.25, -0.2) is 15.0 Å². The van der Waals surface area contributed by atoms with Crippen LogP contribution in [0, 0.1) is 0 Å². The van der Waals surface area contributed by atoms with Crippen LogP contribution < -0.4 is 9.80 Å². The first kappa shape index (κ1) is 43.8. The standard InChI is InChI=1S/C70H47N5/c1-6-22-48(23-7-1)52-30-20-34-56(44-52)74(57-35-21-31-53(45-57)49-24-8-2-9-25-49)58-41-43-66-64(47-58)70(61-38-18-16-36-59(61)60-37-17-19-39-62(60)70)63-46-54(40-42-65(63)75(66)55-32-14-5-15-33-55)69-72-67(50-26-10-3-11-27-50)71-68(73-69)51-28-12-4-13-29-51/h1-47H. The summed E-state index contributed by atoms with van der Waals surface area (Å²) in [7, 11) is 0. The molecule has 0 radical (unpaired) electrons. The first-order valence-electron chi connectivity index (χ1n) is 25.5. The maximum absolute atomic E-state index is 5.29. The number of para-hydroxylation sites is 1. The van der Waals surface area contributed by atoms with Gasteiger partial charge in [-0.3, -0.25) is 0 Å². The summed E-state index contributed by atoms with van der Waals surface area (Å²) in [6.07, 6.45) is 0. The van der Waals surface area contributed by atoms with E-state index in [4.69, 9.17) is 15.0 Å². The van der Waals surface area contributed by atoms with Crippen LogP contribution >= 0.6 is 0 Å². The highest BCUT2D eigenvalue weighted by molar-refractivity contribution is 5.98. The van der Waals surface area contributed by atoms with Crippen molar-refractivity contribution < 1.29 is 0 Å². The minimum Gasteiger partial charge on any atom is -0.310 e. The molecule has 75 heavy (non-hydrogen) atoms. The van der Waals surface area contributed by atoms with Gasteiger partial charge in [-0.05, 0) is 128 Å². The normalized spacial score (nSPS) is 12.6. The molecular weight excluding hydrogens is 911 g/mol. The Balaban J connectivity index is 1.06. The van der Waals surface area contributed by atoms with E-state index in [0.717, 1.165) is 78.6 Å². The molecule has 0 unspecified atom stereocenters. The van der Waals surface area contributed by atoms with Gasteiger partial charge in [-0.15, -0.1) is 0 Å². The fourth-order valence-corrected chi connectivity index (χ4v) is 11.6. The molecule has 2 heterocycles. The van der Waals surface area contributed by atoms with Crippen molar-refractivity contribution in [3.8, 4) is 67.5 Å². The van der Waals surface area contributed by atoms with Gasteiger partial charge in [0.2, 0.25) is 0 Å². The van der Waals surface area contributed by atoms with E-state index in [1.165, 1.54) is 27.8 Å². The highest BCUT2D eigenvalue weighted by Gasteiger charge is 2.52. The van der Waals surface area contributed by atoms with Crippen LogP contribution in [0.5, 0.6) is 0 Å². The molecule has 5 nitrogen and oxygen atoms in total. The van der Waals surface area contributed by atoms with Crippen molar-refractivity contribution in [3.05, 3.63) is 307 Å². The molecule has 5 heteroatoms. The maximum Gasteiger partial charge on any atom is 0.164 e. The van der Waals surface area contributed by atoms with E-state index in [2.05, 4.69) is 259 Å². The van der Waals surface area contributed by atoms with Crippen LogP contribution in [0.2, 0.25) is 0 Å². The average molecular weight is 958 g/mol. The monoisotopic (exact) mass is 957 g/mol. The van der Waals surface area contributed by atoms with Gasteiger partial charge in [0, 0.05) is 39.4 Å². The van der Waals surface area contributed by atoms with Gasteiger partial charge in [0.25, 0.3) is 0 Å². The highest BCUT2D eigenvalue weighted by Crippen LogP contribution is 2.64. The maximum atomic E-state index is 5.29. The number of aromatic nitrogens is 3. The molecule has 2 aliphatic rings. The van der Waals surface area contributed by atoms with Crippen LogP contribution in [-0.4, -0.2) is 15.0 Å². The SMILES string of the molecule is c1ccc(-c2cccc(N(c3cccc(-c4ccccc4)c3)c3ccc4c(c3)C3(c5ccccc5-c5ccccc53)c3cc(-c5nc(-c6ccccc6)nc(-c6ccccc6)n5)ccc3N4c3ccccc3)c2)cc1. The number of nitrogens with zero attached hydrogens (tertiary/aromatic N) is 5. The molecule has 0 saturated heterocycles. The van der Waals surface area contributed by atoms with Gasteiger partial charge in [-0.2, -0.15) is 0 Å². The smallest absolute Gasteiger partial charge is 0.164 e. The van der Waals surface area contributed by atoms with Gasteiger partial charge in [0.15, 0.2) is 17.5 Å². The number of hydrogen-bond acceptors (Lipinski definition) is 5. The summed E-state index contributed by atoms with van der Waals surface area (Å²) in [4.78, 5) is 20.5. The van der Waals surface area contributed by atoms with E-state index in [9.17, 15) is 0 Å². The van der Waals surface area contributed by atoms with Crippen molar-refractivity contribution in [1.82, 2.24) is 15.0 Å². The van der Waals surface area contributed by atoms with E-state index in [-0.39, 0.29) is 0 Å². The number of fused-ring (bicyclic) bond motifs is 9. The molecule has 352 valence electrons. The van der Waals surface area contributed by atoms with E-state index in [1.54, 1.807) is 0 Å². The largest absolute Gasteiger partial charge is 0.310 e. The fourth-order valence-electron chi connectivity index (χ4n) is 11.6. The number of rotatable bonds is 9. The molecule has 0 fully saturated rings. The van der Waals surface area contributed by atoms with E-state index >= 15 is 0 Å². The summed E-state index contributed by atoms with van der Waals surface area (Å²) in [6.45, 7) is 0. The van der Waals surface area contributed by atoms with Crippen molar-refractivity contribution >= 4 is 34.1 Å². The Morgan fingerprint density at radius 3 is 1.16 bits per heavy atom. The summed E-state index contributed by atoms with van der Waals surface area (Å²) in [5.41, 5.74) is 20.2. The number of anilines is 6.